The second kappa shape index (κ2) is 3.63. The Hall–Kier alpha value is -0.830. The summed E-state index contributed by atoms with van der Waals surface area (Å²) in [5.41, 5.74) is 4.66. The smallest absolute Gasteiger partial charge is 0.0781 e. The second-order valence-corrected chi connectivity index (χ2v) is 7.42. The van der Waals surface area contributed by atoms with Crippen LogP contribution in [-0.4, -0.2) is 21.0 Å². The highest BCUT2D eigenvalue weighted by molar-refractivity contribution is 5.45. The lowest BCUT2D eigenvalue weighted by molar-refractivity contribution is 0.0677. The summed E-state index contributed by atoms with van der Waals surface area (Å²) >= 11 is 0. The number of aryl methyl sites for hydroxylation is 1. The molecule has 4 rings (SSSR count). The third kappa shape index (κ3) is 1.45. The number of aromatic nitrogens is 2. The molecule has 3 aliphatic rings. The summed E-state index contributed by atoms with van der Waals surface area (Å²) in [5.74, 6) is 1.56. The zero-order valence-corrected chi connectivity index (χ0v) is 12.2. The first-order valence-electron chi connectivity index (χ1n) is 7.77. The minimum Gasteiger partial charge on any atom is -0.391 e. The molecular formula is C16H24N2O. The van der Waals surface area contributed by atoms with Crippen LogP contribution in [0.3, 0.4) is 0 Å². The van der Waals surface area contributed by atoms with Gasteiger partial charge in [0.25, 0.3) is 0 Å². The van der Waals surface area contributed by atoms with E-state index in [-0.39, 0.29) is 12.1 Å². The lowest BCUT2D eigenvalue weighted by atomic mass is 9.92. The highest BCUT2D eigenvalue weighted by Crippen LogP contribution is 2.70. The maximum Gasteiger partial charge on any atom is 0.0781 e. The monoisotopic (exact) mass is 260 g/mol. The van der Waals surface area contributed by atoms with Crippen LogP contribution in [0.1, 0.15) is 68.4 Å². The van der Waals surface area contributed by atoms with E-state index in [0.29, 0.717) is 5.41 Å². The van der Waals surface area contributed by atoms with Crippen LogP contribution in [0.4, 0.5) is 0 Å². The first-order valence-corrected chi connectivity index (χ1v) is 7.77. The van der Waals surface area contributed by atoms with Crippen LogP contribution in [0.5, 0.6) is 0 Å². The van der Waals surface area contributed by atoms with E-state index >= 15 is 0 Å². The van der Waals surface area contributed by atoms with Crippen LogP contribution in [0, 0.1) is 18.3 Å². The lowest BCUT2D eigenvalue weighted by Gasteiger charge is -2.29. The summed E-state index contributed by atoms with van der Waals surface area (Å²) in [7, 11) is 0. The third-order valence-electron chi connectivity index (χ3n) is 6.02. The molecule has 2 saturated carbocycles. The van der Waals surface area contributed by atoms with Gasteiger partial charge in [0.1, 0.15) is 0 Å². The average Bonchev–Trinajstić information content (AvgIpc) is 2.71. The van der Waals surface area contributed by atoms with Crippen molar-refractivity contribution in [2.75, 3.05) is 0 Å². The first-order chi connectivity index (χ1) is 9.01. The van der Waals surface area contributed by atoms with E-state index in [1.807, 2.05) is 0 Å². The molecule has 104 valence electrons. The van der Waals surface area contributed by atoms with Gasteiger partial charge < -0.3 is 5.11 Å². The molecule has 1 aromatic rings. The van der Waals surface area contributed by atoms with Crippen molar-refractivity contribution in [3.63, 3.8) is 0 Å². The molecule has 1 N–H and O–H groups in total. The summed E-state index contributed by atoms with van der Waals surface area (Å²) in [6.07, 6.45) is 5.41. The molecule has 19 heavy (non-hydrogen) atoms. The maximum atomic E-state index is 10.3. The summed E-state index contributed by atoms with van der Waals surface area (Å²) < 4.78 is 2.21. The molecule has 0 aliphatic heterocycles. The molecule has 0 radical (unpaired) electrons. The quantitative estimate of drug-likeness (QED) is 0.843. The van der Waals surface area contributed by atoms with Crippen molar-refractivity contribution in [3.8, 4) is 0 Å². The zero-order chi connectivity index (χ0) is 13.4. The predicted molar refractivity (Wildman–Crippen MR) is 74.2 cm³/mol. The van der Waals surface area contributed by atoms with E-state index in [4.69, 9.17) is 5.10 Å². The van der Waals surface area contributed by atoms with Gasteiger partial charge in [-0.2, -0.15) is 5.10 Å². The number of hydrogen-bond donors (Lipinski definition) is 1. The van der Waals surface area contributed by atoms with Gasteiger partial charge in [0.15, 0.2) is 0 Å². The van der Waals surface area contributed by atoms with Gasteiger partial charge in [-0.1, -0.05) is 26.7 Å². The molecule has 0 spiro atoms. The number of aliphatic hydroxyl groups is 1. The highest BCUT2D eigenvalue weighted by Gasteiger charge is 2.64. The van der Waals surface area contributed by atoms with Gasteiger partial charge in [0.05, 0.1) is 17.8 Å². The van der Waals surface area contributed by atoms with Crippen molar-refractivity contribution in [2.45, 2.75) is 70.9 Å². The molecule has 1 aromatic heterocycles. The molecule has 0 aromatic carbocycles. The minimum absolute atomic E-state index is 0.193. The van der Waals surface area contributed by atoms with Crippen molar-refractivity contribution in [1.82, 2.24) is 9.78 Å². The van der Waals surface area contributed by atoms with Crippen molar-refractivity contribution in [2.24, 2.45) is 11.3 Å². The van der Waals surface area contributed by atoms with E-state index in [2.05, 4.69) is 25.5 Å². The fourth-order valence-electron chi connectivity index (χ4n) is 4.77. The van der Waals surface area contributed by atoms with Crippen molar-refractivity contribution in [3.05, 3.63) is 17.0 Å². The summed E-state index contributed by atoms with van der Waals surface area (Å²) in [6, 6.07) is 0.233. The second-order valence-electron chi connectivity index (χ2n) is 7.42. The fourth-order valence-corrected chi connectivity index (χ4v) is 4.77. The van der Waals surface area contributed by atoms with Crippen LogP contribution in [0.15, 0.2) is 0 Å². The van der Waals surface area contributed by atoms with Crippen LogP contribution >= 0.6 is 0 Å². The molecule has 4 atom stereocenters. The summed E-state index contributed by atoms with van der Waals surface area (Å²) in [5, 5.41) is 15.1. The first kappa shape index (κ1) is 12.0. The maximum absolute atomic E-state index is 10.3. The third-order valence-corrected chi connectivity index (χ3v) is 6.02. The van der Waals surface area contributed by atoms with Gasteiger partial charge in [-0.25, -0.2) is 0 Å². The molecule has 0 saturated heterocycles. The normalized spacial score (nSPS) is 38.9. The van der Waals surface area contributed by atoms with Crippen LogP contribution < -0.4 is 0 Å². The van der Waals surface area contributed by atoms with Gasteiger partial charge in [-0.15, -0.1) is 0 Å². The molecule has 0 amide bonds. The van der Waals surface area contributed by atoms with Gasteiger partial charge in [0.2, 0.25) is 0 Å². The Bertz CT molecular complexity index is 531. The Balaban J connectivity index is 1.73. The predicted octanol–water partition coefficient (Wildman–Crippen LogP) is 2.96. The lowest BCUT2D eigenvalue weighted by Crippen LogP contribution is -2.29. The number of rotatable bonds is 1. The molecule has 2 fully saturated rings. The zero-order valence-electron chi connectivity index (χ0n) is 12.2. The Kier molecular flexibility index (Phi) is 2.28. The Morgan fingerprint density at radius 3 is 2.74 bits per heavy atom. The molecule has 0 bridgehead atoms. The standard InChI is InChI=1S/C16H24N2O/c1-9-14-12(8-10-15(14)16(10,2)3)18(17-9)11-6-4-5-7-13(11)19/h10-11,13,15,19H,4-8H2,1-3H3/t10-,11-,13-,15-/m1/s1. The van der Waals surface area contributed by atoms with E-state index in [9.17, 15) is 5.11 Å². The van der Waals surface area contributed by atoms with Crippen LogP contribution in [-0.2, 0) is 6.42 Å². The molecule has 3 heteroatoms. The van der Waals surface area contributed by atoms with Crippen LogP contribution in [0.25, 0.3) is 0 Å². The molecular weight excluding hydrogens is 236 g/mol. The fraction of sp³-hybridized carbons (Fsp3) is 0.812. The number of nitrogens with zero attached hydrogens (tertiary/aromatic N) is 2. The topological polar surface area (TPSA) is 38.0 Å². The largest absolute Gasteiger partial charge is 0.391 e. The van der Waals surface area contributed by atoms with E-state index in [1.54, 1.807) is 0 Å². The minimum atomic E-state index is -0.193. The van der Waals surface area contributed by atoms with E-state index in [1.165, 1.54) is 36.2 Å². The Labute approximate surface area is 115 Å². The molecule has 1 heterocycles. The number of hydrogen-bond acceptors (Lipinski definition) is 2. The number of aliphatic hydroxyl groups excluding tert-OH is 1. The van der Waals surface area contributed by atoms with Gasteiger partial charge >= 0.3 is 0 Å². The average molecular weight is 260 g/mol. The molecule has 0 unspecified atom stereocenters. The number of fused-ring (bicyclic) bond motifs is 3. The van der Waals surface area contributed by atoms with Crippen molar-refractivity contribution in [1.29, 1.82) is 0 Å². The SMILES string of the molecule is Cc1nn([C@@H]2CCCC[C@H]2O)c2c1[C@H]1[C@@H](C2)C1(C)C. The van der Waals surface area contributed by atoms with Crippen molar-refractivity contribution >= 4 is 0 Å². The summed E-state index contributed by atoms with van der Waals surface area (Å²) in [6.45, 7) is 6.93. The van der Waals surface area contributed by atoms with E-state index in [0.717, 1.165) is 24.7 Å². The van der Waals surface area contributed by atoms with Gasteiger partial charge in [-0.3, -0.25) is 4.68 Å². The molecule has 3 aliphatic carbocycles. The highest BCUT2D eigenvalue weighted by atomic mass is 16.3. The van der Waals surface area contributed by atoms with Gasteiger partial charge in [0, 0.05) is 11.3 Å². The summed E-state index contributed by atoms with van der Waals surface area (Å²) in [4.78, 5) is 0. The van der Waals surface area contributed by atoms with Gasteiger partial charge in [-0.05, 0) is 43.4 Å². The van der Waals surface area contributed by atoms with E-state index < -0.39 is 0 Å². The Morgan fingerprint density at radius 2 is 2.00 bits per heavy atom. The molecule has 3 nitrogen and oxygen atoms in total. The Morgan fingerprint density at radius 1 is 1.26 bits per heavy atom. The van der Waals surface area contributed by atoms with Crippen molar-refractivity contribution < 1.29 is 5.11 Å². The van der Waals surface area contributed by atoms with Crippen LogP contribution in [0.2, 0.25) is 0 Å².